The molecule has 2 aromatic heterocycles. The van der Waals surface area contributed by atoms with Gasteiger partial charge in [0.2, 0.25) is 11.8 Å². The van der Waals surface area contributed by atoms with Gasteiger partial charge in [-0.3, -0.25) is 14.5 Å². The van der Waals surface area contributed by atoms with Crippen molar-refractivity contribution in [3.05, 3.63) is 39.9 Å². The van der Waals surface area contributed by atoms with Gasteiger partial charge in [0, 0.05) is 37.3 Å². The number of piperazine rings is 1. The van der Waals surface area contributed by atoms with E-state index in [1.54, 1.807) is 23.5 Å². The van der Waals surface area contributed by atoms with E-state index in [9.17, 15) is 14.9 Å². The molecule has 0 unspecified atom stereocenters. The van der Waals surface area contributed by atoms with Crippen LogP contribution in [0.5, 0.6) is 0 Å². The Labute approximate surface area is 192 Å². The highest BCUT2D eigenvalue weighted by atomic mass is 32.1. The van der Waals surface area contributed by atoms with E-state index < -0.39 is 5.91 Å². The molecule has 1 aliphatic heterocycles. The molecule has 3 heterocycles. The number of pyridine rings is 1. The molecular weight excluding hydrogens is 424 g/mol. The Balaban J connectivity index is 1.36. The number of nitrogens with zero attached hydrogens (tertiary/aromatic N) is 4. The number of carbonyl (C=O) groups is 2. The number of carbonyl (C=O) groups excluding carboxylic acids is 2. The number of hydrogen-bond acceptors (Lipinski definition) is 7. The van der Waals surface area contributed by atoms with Gasteiger partial charge in [-0.25, -0.2) is 4.98 Å². The van der Waals surface area contributed by atoms with Crippen molar-refractivity contribution in [1.82, 2.24) is 9.88 Å². The Bertz CT molecular complexity index is 1030. The maximum atomic E-state index is 13.0. The van der Waals surface area contributed by atoms with Gasteiger partial charge in [-0.1, -0.05) is 6.42 Å². The van der Waals surface area contributed by atoms with Gasteiger partial charge in [0.25, 0.3) is 0 Å². The molecule has 1 saturated heterocycles. The van der Waals surface area contributed by atoms with Gasteiger partial charge in [-0.2, -0.15) is 5.26 Å². The summed E-state index contributed by atoms with van der Waals surface area (Å²) in [5, 5.41) is 13.4. The molecule has 32 heavy (non-hydrogen) atoms. The van der Waals surface area contributed by atoms with E-state index in [0.29, 0.717) is 16.1 Å². The summed E-state index contributed by atoms with van der Waals surface area (Å²) < 4.78 is 0. The summed E-state index contributed by atoms with van der Waals surface area (Å²) >= 11 is 1.57. The number of anilines is 2. The normalized spacial score (nSPS) is 17.7. The second-order valence-corrected chi connectivity index (χ2v) is 9.44. The number of fused-ring (bicyclic) bond motifs is 1. The minimum Gasteiger partial charge on any atom is -0.366 e. The Hall–Kier alpha value is -2.96. The fraction of sp³-hybridized carbons (Fsp3) is 0.478. The average Bonchev–Trinajstić information content (AvgIpc) is 2.97. The Kier molecular flexibility index (Phi) is 6.72. The second kappa shape index (κ2) is 9.67. The molecule has 0 radical (unpaired) electrons. The summed E-state index contributed by atoms with van der Waals surface area (Å²) in [7, 11) is 0. The Morgan fingerprint density at radius 2 is 1.94 bits per heavy atom. The van der Waals surface area contributed by atoms with Gasteiger partial charge in [0.05, 0.1) is 17.2 Å². The van der Waals surface area contributed by atoms with Crippen LogP contribution in [-0.4, -0.2) is 53.9 Å². The van der Waals surface area contributed by atoms with Crippen LogP contribution in [0.15, 0.2) is 18.3 Å². The van der Waals surface area contributed by atoms with Crippen molar-refractivity contribution in [2.24, 2.45) is 5.73 Å². The van der Waals surface area contributed by atoms with Crippen LogP contribution in [-0.2, 0) is 17.6 Å². The smallest absolute Gasteiger partial charge is 0.250 e. The second-order valence-electron chi connectivity index (χ2n) is 8.34. The van der Waals surface area contributed by atoms with E-state index in [-0.39, 0.29) is 11.9 Å². The van der Waals surface area contributed by atoms with Crippen molar-refractivity contribution < 1.29 is 9.59 Å². The number of thiophene rings is 1. The molecule has 2 amide bonds. The summed E-state index contributed by atoms with van der Waals surface area (Å²) in [4.78, 5) is 34.1. The number of hydrogen-bond donors (Lipinski definition) is 2. The third-order valence-electron chi connectivity index (χ3n) is 6.37. The number of amides is 2. The van der Waals surface area contributed by atoms with E-state index in [4.69, 9.17) is 5.73 Å². The van der Waals surface area contributed by atoms with Gasteiger partial charge in [-0.05, 0) is 50.3 Å². The predicted molar refractivity (Wildman–Crippen MR) is 125 cm³/mol. The van der Waals surface area contributed by atoms with Gasteiger partial charge in [-0.15, -0.1) is 11.3 Å². The third-order valence-corrected chi connectivity index (χ3v) is 7.57. The molecule has 9 heteroatoms. The average molecular weight is 453 g/mol. The highest BCUT2D eigenvalue weighted by molar-refractivity contribution is 7.16. The fourth-order valence-electron chi connectivity index (χ4n) is 4.39. The molecule has 168 valence electrons. The summed E-state index contributed by atoms with van der Waals surface area (Å²) in [6, 6.07) is 5.52. The molecule has 8 nitrogen and oxygen atoms in total. The SMILES string of the molecule is C[C@@H](C(=O)Nc1sc2c(c1C#N)CCCCC2)N1CCN(c2ccc(C(N)=O)cn2)CC1. The first kappa shape index (κ1) is 22.2. The monoisotopic (exact) mass is 452 g/mol. The van der Waals surface area contributed by atoms with Crippen LogP contribution in [0.25, 0.3) is 0 Å². The lowest BCUT2D eigenvalue weighted by molar-refractivity contribution is -0.120. The van der Waals surface area contributed by atoms with E-state index >= 15 is 0 Å². The van der Waals surface area contributed by atoms with E-state index in [1.165, 1.54) is 17.5 Å². The van der Waals surface area contributed by atoms with Crippen LogP contribution in [0.4, 0.5) is 10.8 Å². The van der Waals surface area contributed by atoms with E-state index in [1.807, 2.05) is 6.92 Å². The molecule has 0 saturated carbocycles. The molecule has 3 N–H and O–H groups in total. The number of nitrogens with one attached hydrogen (secondary N) is 1. The van der Waals surface area contributed by atoms with Crippen LogP contribution >= 0.6 is 11.3 Å². The minimum atomic E-state index is -0.490. The lowest BCUT2D eigenvalue weighted by Crippen LogP contribution is -2.53. The summed E-state index contributed by atoms with van der Waals surface area (Å²) in [5.74, 6) is 0.233. The first-order valence-corrected chi connectivity index (χ1v) is 11.9. The van der Waals surface area contributed by atoms with Crippen LogP contribution in [0.2, 0.25) is 0 Å². The number of nitriles is 1. The molecule has 4 rings (SSSR count). The molecule has 0 bridgehead atoms. The molecule has 0 spiro atoms. The van der Waals surface area contributed by atoms with Crippen molar-refractivity contribution >= 4 is 34.0 Å². The largest absolute Gasteiger partial charge is 0.366 e. The lowest BCUT2D eigenvalue weighted by atomic mass is 10.1. The quantitative estimate of drug-likeness (QED) is 0.674. The zero-order valence-electron chi connectivity index (χ0n) is 18.3. The third kappa shape index (κ3) is 4.61. The molecule has 1 fully saturated rings. The van der Waals surface area contributed by atoms with Crippen molar-refractivity contribution in [3.63, 3.8) is 0 Å². The van der Waals surface area contributed by atoms with Crippen molar-refractivity contribution in [3.8, 4) is 6.07 Å². The van der Waals surface area contributed by atoms with Crippen LogP contribution in [0.1, 0.15) is 52.5 Å². The summed E-state index contributed by atoms with van der Waals surface area (Å²) in [5.41, 5.74) is 7.46. The number of aromatic nitrogens is 1. The van der Waals surface area contributed by atoms with Crippen LogP contribution < -0.4 is 16.0 Å². The first-order chi connectivity index (χ1) is 15.5. The zero-order valence-corrected chi connectivity index (χ0v) is 19.1. The van der Waals surface area contributed by atoms with Crippen molar-refractivity contribution in [2.45, 2.75) is 45.1 Å². The fourth-order valence-corrected chi connectivity index (χ4v) is 5.63. The molecule has 0 aromatic carbocycles. The zero-order chi connectivity index (χ0) is 22.7. The van der Waals surface area contributed by atoms with Gasteiger partial charge < -0.3 is 16.0 Å². The van der Waals surface area contributed by atoms with Crippen LogP contribution in [0.3, 0.4) is 0 Å². The number of rotatable bonds is 5. The lowest BCUT2D eigenvalue weighted by Gasteiger charge is -2.37. The number of nitrogens with two attached hydrogens (primary N) is 1. The summed E-state index contributed by atoms with van der Waals surface area (Å²) in [6.07, 6.45) is 6.86. The number of primary amides is 1. The topological polar surface area (TPSA) is 115 Å². The van der Waals surface area contributed by atoms with Crippen molar-refractivity contribution in [2.75, 3.05) is 36.4 Å². The predicted octanol–water partition coefficient (Wildman–Crippen LogP) is 2.53. The summed E-state index contributed by atoms with van der Waals surface area (Å²) in [6.45, 7) is 4.82. The molecule has 1 aliphatic carbocycles. The highest BCUT2D eigenvalue weighted by Crippen LogP contribution is 2.37. The molecule has 1 atom stereocenters. The van der Waals surface area contributed by atoms with E-state index in [0.717, 1.165) is 63.2 Å². The Morgan fingerprint density at radius 1 is 1.19 bits per heavy atom. The van der Waals surface area contributed by atoms with Gasteiger partial charge in [0.1, 0.15) is 16.9 Å². The first-order valence-electron chi connectivity index (χ1n) is 11.1. The minimum absolute atomic E-state index is 0.0738. The number of aryl methyl sites for hydroxylation is 1. The molecular formula is C23H28N6O2S. The van der Waals surface area contributed by atoms with E-state index in [2.05, 4.69) is 26.2 Å². The highest BCUT2D eigenvalue weighted by Gasteiger charge is 2.28. The van der Waals surface area contributed by atoms with Gasteiger partial charge in [0.15, 0.2) is 0 Å². The molecule has 2 aromatic rings. The standard InChI is InChI=1S/C23H28N6O2S/c1-15(22(31)27-23-18(13-24)17-5-3-2-4-6-19(17)32-23)28-9-11-29(12-10-28)20-8-7-16(14-26-20)21(25)30/h7-8,14-15H,2-6,9-12H2,1H3,(H2,25,30)(H,27,31)/t15-/m0/s1. The van der Waals surface area contributed by atoms with Gasteiger partial charge >= 0.3 is 0 Å². The maximum absolute atomic E-state index is 13.0. The maximum Gasteiger partial charge on any atom is 0.250 e. The van der Waals surface area contributed by atoms with Crippen LogP contribution in [0, 0.1) is 11.3 Å². The Morgan fingerprint density at radius 3 is 2.59 bits per heavy atom. The molecule has 2 aliphatic rings. The van der Waals surface area contributed by atoms with Crippen molar-refractivity contribution in [1.29, 1.82) is 5.26 Å².